The van der Waals surface area contributed by atoms with E-state index in [1.54, 1.807) is 0 Å². The summed E-state index contributed by atoms with van der Waals surface area (Å²) in [6.07, 6.45) is 0. The van der Waals surface area contributed by atoms with Crippen molar-refractivity contribution in [3.8, 4) is 0 Å². The monoisotopic (exact) mass is 398 g/mol. The second-order valence-corrected chi connectivity index (χ2v) is 16.4. The Morgan fingerprint density at radius 1 is 0.654 bits per heavy atom. The summed E-state index contributed by atoms with van der Waals surface area (Å²) in [5, 5.41) is 0. The quantitative estimate of drug-likeness (QED) is 0.159. The van der Waals surface area contributed by atoms with Crippen LogP contribution >= 0.6 is 0 Å². The van der Waals surface area contributed by atoms with Gasteiger partial charge in [-0.3, -0.25) is 9.15 Å². The minimum Gasteiger partial charge on any atom is -0.283 e. The third-order valence-electron chi connectivity index (χ3n) is 5.92. The first-order valence-corrected chi connectivity index (χ1v) is 15.2. The third-order valence-corrected chi connectivity index (χ3v) is 14.5. The van der Waals surface area contributed by atoms with Gasteiger partial charge in [-0.15, -0.1) is 0 Å². The Balaban J connectivity index is 3.04. The van der Waals surface area contributed by atoms with Crippen LogP contribution in [0.5, 0.6) is 0 Å². The summed E-state index contributed by atoms with van der Waals surface area (Å²) in [5.41, 5.74) is 0.900. The van der Waals surface area contributed by atoms with Crippen molar-refractivity contribution in [1.29, 1.82) is 0 Å². The SMILES string of the molecule is CC[Si](CC)(CC)OOC(C)(OO[Si](CC)(CC)CC)c1ccccc1. The van der Waals surface area contributed by atoms with Crippen LogP contribution in [-0.2, 0) is 24.7 Å². The summed E-state index contributed by atoms with van der Waals surface area (Å²) in [4.78, 5) is 12.0. The molecule has 0 N–H and O–H groups in total. The largest absolute Gasteiger partial charge is 0.283 e. The highest BCUT2D eigenvalue weighted by Gasteiger charge is 2.41. The van der Waals surface area contributed by atoms with Crippen molar-refractivity contribution in [2.75, 3.05) is 0 Å². The fourth-order valence-corrected chi connectivity index (χ4v) is 7.42. The standard InChI is InChI=1S/C20H38O4Si2/c1-8-25(9-2,10-3)23-21-20(7,19-17-15-14-16-18-19)22-24-26(11-4,12-5)13-6/h14-18H,8-13H2,1-7H3. The normalized spacial score (nSPS) is 13.2. The molecule has 0 unspecified atom stereocenters. The molecular formula is C20H38O4Si2. The summed E-state index contributed by atoms with van der Waals surface area (Å²) in [6.45, 7) is 15.0. The third kappa shape index (κ3) is 5.74. The van der Waals surface area contributed by atoms with Crippen LogP contribution in [0, 0.1) is 0 Å². The smallest absolute Gasteiger partial charge is 0.253 e. The topological polar surface area (TPSA) is 36.9 Å². The highest BCUT2D eigenvalue weighted by molar-refractivity contribution is 6.73. The molecule has 0 aliphatic rings. The summed E-state index contributed by atoms with van der Waals surface area (Å²) in [5.74, 6) is -1.07. The van der Waals surface area contributed by atoms with Crippen LogP contribution in [-0.4, -0.2) is 16.6 Å². The number of rotatable bonds is 13. The molecule has 0 atom stereocenters. The van der Waals surface area contributed by atoms with E-state index in [2.05, 4.69) is 41.5 Å². The van der Waals surface area contributed by atoms with Crippen molar-refractivity contribution in [2.24, 2.45) is 0 Å². The summed E-state index contributed by atoms with van der Waals surface area (Å²) < 4.78 is 12.2. The molecule has 0 saturated heterocycles. The van der Waals surface area contributed by atoms with E-state index in [0.717, 1.165) is 41.8 Å². The first-order chi connectivity index (χ1) is 12.4. The van der Waals surface area contributed by atoms with Crippen LogP contribution in [0.3, 0.4) is 0 Å². The highest BCUT2D eigenvalue weighted by atomic mass is 28.4. The molecule has 1 aromatic rings. The molecule has 0 aromatic heterocycles. The van der Waals surface area contributed by atoms with Crippen LogP contribution in [0.1, 0.15) is 54.0 Å². The van der Waals surface area contributed by atoms with Crippen molar-refractivity contribution in [3.05, 3.63) is 35.9 Å². The van der Waals surface area contributed by atoms with Gasteiger partial charge in [0, 0.05) is 5.56 Å². The molecule has 0 radical (unpaired) electrons. The van der Waals surface area contributed by atoms with Crippen LogP contribution in [0.4, 0.5) is 0 Å². The molecule has 0 amide bonds. The van der Waals surface area contributed by atoms with E-state index in [1.807, 2.05) is 37.3 Å². The average molecular weight is 399 g/mol. The fourth-order valence-electron chi connectivity index (χ4n) is 3.04. The number of benzene rings is 1. The van der Waals surface area contributed by atoms with Crippen LogP contribution in [0.2, 0.25) is 36.3 Å². The molecule has 26 heavy (non-hydrogen) atoms. The molecule has 1 rings (SSSR count). The Labute approximate surface area is 162 Å². The molecule has 1 aromatic carbocycles. The number of hydrogen-bond donors (Lipinski definition) is 0. The highest BCUT2D eigenvalue weighted by Crippen LogP contribution is 2.34. The average Bonchev–Trinajstić information content (AvgIpc) is 2.71. The van der Waals surface area contributed by atoms with Gasteiger partial charge in [0.2, 0.25) is 16.6 Å². The Bertz CT molecular complexity index is 461. The van der Waals surface area contributed by atoms with Crippen molar-refractivity contribution >= 4 is 16.6 Å². The maximum absolute atomic E-state index is 6.11. The first kappa shape index (κ1) is 23.5. The van der Waals surface area contributed by atoms with E-state index in [4.69, 9.17) is 18.9 Å². The van der Waals surface area contributed by atoms with E-state index in [-0.39, 0.29) is 0 Å². The van der Waals surface area contributed by atoms with Gasteiger partial charge in [0.25, 0.3) is 5.79 Å². The second-order valence-electron chi connectivity index (χ2n) is 7.13. The van der Waals surface area contributed by atoms with Crippen molar-refractivity contribution in [1.82, 2.24) is 0 Å². The summed E-state index contributed by atoms with van der Waals surface area (Å²) >= 11 is 0. The van der Waals surface area contributed by atoms with E-state index in [0.29, 0.717) is 0 Å². The molecule has 4 nitrogen and oxygen atoms in total. The maximum atomic E-state index is 6.11. The lowest BCUT2D eigenvalue weighted by Crippen LogP contribution is -2.44. The van der Waals surface area contributed by atoms with Crippen molar-refractivity contribution in [2.45, 2.75) is 90.5 Å². The lowest BCUT2D eigenvalue weighted by atomic mass is 10.1. The maximum Gasteiger partial charge on any atom is 0.253 e. The molecule has 0 bridgehead atoms. The zero-order valence-electron chi connectivity index (χ0n) is 17.8. The zero-order valence-corrected chi connectivity index (χ0v) is 19.8. The predicted molar refractivity (Wildman–Crippen MR) is 113 cm³/mol. The van der Waals surface area contributed by atoms with Crippen LogP contribution in [0.15, 0.2) is 30.3 Å². The Morgan fingerprint density at radius 3 is 1.31 bits per heavy atom. The summed E-state index contributed by atoms with van der Waals surface area (Å²) in [6, 6.07) is 16.0. The van der Waals surface area contributed by atoms with Gasteiger partial charge in [0.15, 0.2) is 0 Å². The molecule has 0 heterocycles. The minimum absolute atomic E-state index is 0.900. The lowest BCUT2D eigenvalue weighted by Gasteiger charge is -2.36. The lowest BCUT2D eigenvalue weighted by molar-refractivity contribution is -0.470. The van der Waals surface area contributed by atoms with Gasteiger partial charge in [-0.25, -0.2) is 9.78 Å². The molecule has 0 aliphatic carbocycles. The molecule has 0 fully saturated rings. The minimum atomic E-state index is -1.91. The molecule has 0 spiro atoms. The van der Waals surface area contributed by atoms with E-state index < -0.39 is 22.4 Å². The van der Waals surface area contributed by atoms with Crippen molar-refractivity contribution in [3.63, 3.8) is 0 Å². The van der Waals surface area contributed by atoms with Gasteiger partial charge in [-0.05, 0) is 43.2 Å². The van der Waals surface area contributed by atoms with Gasteiger partial charge < -0.3 is 0 Å². The van der Waals surface area contributed by atoms with Crippen molar-refractivity contribution < 1.29 is 18.9 Å². The first-order valence-electron chi connectivity index (χ1n) is 10.2. The Kier molecular flexibility index (Phi) is 9.71. The van der Waals surface area contributed by atoms with Gasteiger partial charge in [0.05, 0.1) is 0 Å². The van der Waals surface area contributed by atoms with Gasteiger partial charge in [0.1, 0.15) is 0 Å². The van der Waals surface area contributed by atoms with E-state index in [9.17, 15) is 0 Å². The Morgan fingerprint density at radius 2 is 1.00 bits per heavy atom. The van der Waals surface area contributed by atoms with E-state index in [1.165, 1.54) is 0 Å². The van der Waals surface area contributed by atoms with Gasteiger partial charge >= 0.3 is 0 Å². The second kappa shape index (κ2) is 10.7. The molecule has 0 aliphatic heterocycles. The Hall–Kier alpha value is -0.506. The van der Waals surface area contributed by atoms with Gasteiger partial charge in [-0.2, -0.15) is 0 Å². The van der Waals surface area contributed by atoms with Crippen LogP contribution in [0.25, 0.3) is 0 Å². The molecule has 6 heteroatoms. The number of hydrogen-bond acceptors (Lipinski definition) is 4. The van der Waals surface area contributed by atoms with E-state index >= 15 is 0 Å². The molecule has 150 valence electrons. The fraction of sp³-hybridized carbons (Fsp3) is 0.700. The zero-order chi connectivity index (χ0) is 19.7. The molecule has 0 saturated carbocycles. The van der Waals surface area contributed by atoms with Crippen LogP contribution < -0.4 is 0 Å². The predicted octanol–water partition coefficient (Wildman–Crippen LogP) is 6.77. The summed E-state index contributed by atoms with van der Waals surface area (Å²) in [7, 11) is -3.81. The molecular weight excluding hydrogens is 360 g/mol. The van der Waals surface area contributed by atoms with Gasteiger partial charge in [-0.1, -0.05) is 71.9 Å².